The van der Waals surface area contributed by atoms with Crippen molar-refractivity contribution in [1.82, 2.24) is 15.3 Å². The number of hydrogen-bond donors (Lipinski definition) is 2. The zero-order valence-electron chi connectivity index (χ0n) is 16.2. The minimum Gasteiger partial charge on any atom is -0.446 e. The Kier molecular flexibility index (Phi) is 5.83. The number of anilines is 1. The number of fused-ring (bicyclic) bond motifs is 1. The molecule has 1 aromatic heterocycles. The number of benzene rings is 2. The number of nitrogens with one attached hydrogen (secondary N) is 2. The second-order valence-corrected chi connectivity index (χ2v) is 7.24. The van der Waals surface area contributed by atoms with Crippen LogP contribution >= 0.6 is 0 Å². The SMILES string of the molecule is O=C(Nc1ccc(F)cc1)O[C@H]1CCC[C@H](NC(=O)c2cnc3ccccc3n2)C1. The predicted molar refractivity (Wildman–Crippen MR) is 110 cm³/mol. The van der Waals surface area contributed by atoms with Gasteiger partial charge in [0.1, 0.15) is 17.6 Å². The first-order valence-corrected chi connectivity index (χ1v) is 9.83. The van der Waals surface area contributed by atoms with E-state index < -0.39 is 6.09 Å². The van der Waals surface area contributed by atoms with Crippen molar-refractivity contribution < 1.29 is 18.7 Å². The van der Waals surface area contributed by atoms with Gasteiger partial charge in [-0.25, -0.2) is 14.2 Å². The molecule has 0 bridgehead atoms. The summed E-state index contributed by atoms with van der Waals surface area (Å²) in [7, 11) is 0. The van der Waals surface area contributed by atoms with Crippen molar-refractivity contribution in [3.05, 3.63) is 66.2 Å². The van der Waals surface area contributed by atoms with Crippen molar-refractivity contribution in [3.8, 4) is 0 Å². The maximum atomic E-state index is 13.0. The molecule has 2 amide bonds. The molecule has 2 aromatic carbocycles. The summed E-state index contributed by atoms with van der Waals surface area (Å²) >= 11 is 0. The molecule has 1 saturated carbocycles. The van der Waals surface area contributed by atoms with Gasteiger partial charge in [0.15, 0.2) is 0 Å². The van der Waals surface area contributed by atoms with Crippen molar-refractivity contribution in [1.29, 1.82) is 0 Å². The van der Waals surface area contributed by atoms with Crippen molar-refractivity contribution in [3.63, 3.8) is 0 Å². The van der Waals surface area contributed by atoms with Crippen LogP contribution in [0.5, 0.6) is 0 Å². The van der Waals surface area contributed by atoms with E-state index in [0.29, 0.717) is 17.6 Å². The fourth-order valence-electron chi connectivity index (χ4n) is 3.54. The lowest BCUT2D eigenvalue weighted by Gasteiger charge is -2.29. The van der Waals surface area contributed by atoms with Crippen LogP contribution in [-0.2, 0) is 4.74 Å². The number of amides is 2. The van der Waals surface area contributed by atoms with E-state index in [1.54, 1.807) is 0 Å². The van der Waals surface area contributed by atoms with Crippen LogP contribution in [0, 0.1) is 5.82 Å². The third kappa shape index (κ3) is 4.89. The molecule has 2 N–H and O–H groups in total. The molecule has 0 saturated heterocycles. The molecule has 0 unspecified atom stereocenters. The van der Waals surface area contributed by atoms with Crippen LogP contribution in [0.1, 0.15) is 36.2 Å². The lowest BCUT2D eigenvalue weighted by atomic mass is 9.92. The number of hydrogen-bond acceptors (Lipinski definition) is 5. The monoisotopic (exact) mass is 408 g/mol. The zero-order valence-corrected chi connectivity index (χ0v) is 16.2. The summed E-state index contributed by atoms with van der Waals surface area (Å²) in [5.41, 5.74) is 2.10. The zero-order chi connectivity index (χ0) is 20.9. The number of carbonyl (C=O) groups excluding carboxylic acids is 2. The third-order valence-corrected chi connectivity index (χ3v) is 5.01. The highest BCUT2D eigenvalue weighted by atomic mass is 19.1. The largest absolute Gasteiger partial charge is 0.446 e. The first kappa shape index (κ1) is 19.8. The number of rotatable bonds is 4. The number of carbonyl (C=O) groups is 2. The molecular weight excluding hydrogens is 387 g/mol. The molecule has 1 aliphatic carbocycles. The molecule has 7 nitrogen and oxygen atoms in total. The van der Waals surface area contributed by atoms with Gasteiger partial charge in [-0.15, -0.1) is 0 Å². The van der Waals surface area contributed by atoms with Crippen LogP contribution in [-0.4, -0.2) is 34.1 Å². The summed E-state index contributed by atoms with van der Waals surface area (Å²) < 4.78 is 18.4. The average molecular weight is 408 g/mol. The van der Waals surface area contributed by atoms with Gasteiger partial charge in [-0.1, -0.05) is 12.1 Å². The summed E-state index contributed by atoms with van der Waals surface area (Å²) in [6.07, 6.45) is 3.41. The van der Waals surface area contributed by atoms with Crippen LogP contribution in [0.3, 0.4) is 0 Å². The number of aromatic nitrogens is 2. The second-order valence-electron chi connectivity index (χ2n) is 7.24. The molecular formula is C22H21FN4O3. The van der Waals surface area contributed by atoms with Gasteiger partial charge in [-0.3, -0.25) is 15.1 Å². The maximum Gasteiger partial charge on any atom is 0.411 e. The molecule has 0 radical (unpaired) electrons. The van der Waals surface area contributed by atoms with E-state index in [2.05, 4.69) is 20.6 Å². The Bertz CT molecular complexity index is 1060. The molecule has 8 heteroatoms. The van der Waals surface area contributed by atoms with E-state index in [9.17, 15) is 14.0 Å². The standard InChI is InChI=1S/C22H21FN4O3/c23-14-8-10-15(11-9-14)26-22(29)30-17-5-3-4-16(12-17)25-21(28)20-13-24-18-6-1-2-7-19(18)27-20/h1-2,6-11,13,16-17H,3-5,12H2,(H,25,28)(H,26,29)/t16-,17-/m0/s1. The van der Waals surface area contributed by atoms with Crippen molar-refractivity contribution in [2.24, 2.45) is 0 Å². The Morgan fingerprint density at radius 2 is 1.80 bits per heavy atom. The summed E-state index contributed by atoms with van der Waals surface area (Å²) in [6, 6.07) is 12.7. The Labute approximate surface area is 172 Å². The minimum atomic E-state index is -0.598. The highest BCUT2D eigenvalue weighted by Gasteiger charge is 2.26. The maximum absolute atomic E-state index is 13.0. The van der Waals surface area contributed by atoms with Gasteiger partial charge >= 0.3 is 6.09 Å². The molecule has 1 fully saturated rings. The lowest BCUT2D eigenvalue weighted by Crippen LogP contribution is -2.41. The highest BCUT2D eigenvalue weighted by molar-refractivity contribution is 5.94. The second kappa shape index (κ2) is 8.86. The van der Waals surface area contributed by atoms with Crippen LogP contribution < -0.4 is 10.6 Å². The lowest BCUT2D eigenvalue weighted by molar-refractivity contribution is 0.0711. The van der Waals surface area contributed by atoms with E-state index in [1.165, 1.54) is 30.5 Å². The summed E-state index contributed by atoms with van der Waals surface area (Å²) in [5.74, 6) is -0.675. The van der Waals surface area contributed by atoms with E-state index in [4.69, 9.17) is 4.74 Å². The molecule has 0 aliphatic heterocycles. The van der Waals surface area contributed by atoms with E-state index in [-0.39, 0.29) is 29.6 Å². The smallest absolute Gasteiger partial charge is 0.411 e. The van der Waals surface area contributed by atoms with Gasteiger partial charge in [-0.05, 0) is 55.7 Å². The topological polar surface area (TPSA) is 93.2 Å². The average Bonchev–Trinajstić information content (AvgIpc) is 2.75. The van der Waals surface area contributed by atoms with Gasteiger partial charge in [-0.2, -0.15) is 0 Å². The van der Waals surface area contributed by atoms with Crippen LogP contribution in [0.4, 0.5) is 14.9 Å². The number of halogens is 1. The fraction of sp³-hybridized carbons (Fsp3) is 0.273. The molecule has 0 spiro atoms. The minimum absolute atomic E-state index is 0.122. The van der Waals surface area contributed by atoms with E-state index >= 15 is 0 Å². The van der Waals surface area contributed by atoms with Gasteiger partial charge in [0.25, 0.3) is 5.91 Å². The third-order valence-electron chi connectivity index (χ3n) is 5.01. The Hall–Kier alpha value is -3.55. The van der Waals surface area contributed by atoms with Gasteiger partial charge in [0, 0.05) is 18.2 Å². The summed E-state index contributed by atoms with van der Waals surface area (Å²) in [5, 5.41) is 5.55. The predicted octanol–water partition coefficient (Wildman–Crippen LogP) is 4.06. The number of para-hydroxylation sites is 2. The molecule has 2 atom stereocenters. The quantitative estimate of drug-likeness (QED) is 0.679. The van der Waals surface area contributed by atoms with Gasteiger partial charge in [0.05, 0.1) is 17.2 Å². The van der Waals surface area contributed by atoms with E-state index in [1.807, 2.05) is 24.3 Å². The molecule has 154 valence electrons. The number of nitrogens with zero attached hydrogens (tertiary/aromatic N) is 2. The van der Waals surface area contributed by atoms with Crippen LogP contribution in [0.15, 0.2) is 54.7 Å². The number of ether oxygens (including phenoxy) is 1. The Morgan fingerprint density at radius 1 is 1.03 bits per heavy atom. The summed E-state index contributed by atoms with van der Waals surface area (Å²) in [6.45, 7) is 0. The Morgan fingerprint density at radius 3 is 2.60 bits per heavy atom. The molecule has 3 aromatic rings. The first-order chi connectivity index (χ1) is 14.6. The van der Waals surface area contributed by atoms with Crippen molar-refractivity contribution in [2.75, 3.05) is 5.32 Å². The van der Waals surface area contributed by atoms with Crippen LogP contribution in [0.25, 0.3) is 11.0 Å². The van der Waals surface area contributed by atoms with Gasteiger partial charge < -0.3 is 10.1 Å². The fourth-order valence-corrected chi connectivity index (χ4v) is 3.54. The molecule has 4 rings (SSSR count). The Balaban J connectivity index is 1.32. The first-order valence-electron chi connectivity index (χ1n) is 9.83. The van der Waals surface area contributed by atoms with Crippen molar-refractivity contribution >= 4 is 28.7 Å². The normalized spacial score (nSPS) is 18.6. The highest BCUT2D eigenvalue weighted by Crippen LogP contribution is 2.22. The molecule has 1 heterocycles. The van der Waals surface area contributed by atoms with E-state index in [0.717, 1.165) is 24.8 Å². The van der Waals surface area contributed by atoms with Gasteiger partial charge in [0.2, 0.25) is 0 Å². The summed E-state index contributed by atoms with van der Waals surface area (Å²) in [4.78, 5) is 33.3. The molecule has 30 heavy (non-hydrogen) atoms. The van der Waals surface area contributed by atoms with Crippen molar-refractivity contribution in [2.45, 2.75) is 37.8 Å². The van der Waals surface area contributed by atoms with Crippen LogP contribution in [0.2, 0.25) is 0 Å². The molecule has 1 aliphatic rings.